The molecule has 3 N–H and O–H groups in total. The van der Waals surface area contributed by atoms with E-state index < -0.39 is 6.04 Å². The Morgan fingerprint density at radius 3 is 2.67 bits per heavy atom. The molecule has 15 heavy (non-hydrogen) atoms. The van der Waals surface area contributed by atoms with Crippen molar-refractivity contribution in [3.63, 3.8) is 0 Å². The molecule has 0 aliphatic carbocycles. The molecule has 0 aliphatic rings. The number of hydrogen-bond donors (Lipinski definition) is 2. The van der Waals surface area contributed by atoms with Gasteiger partial charge in [-0.3, -0.25) is 4.79 Å². The fourth-order valence-corrected chi connectivity index (χ4v) is 1.11. The summed E-state index contributed by atoms with van der Waals surface area (Å²) in [5.74, 6) is 2.04. The Labute approximate surface area is 93.6 Å². The molecule has 1 amide bonds. The summed E-state index contributed by atoms with van der Waals surface area (Å²) in [6.07, 6.45) is 5.27. The molecule has 1 aromatic carbocycles. The van der Waals surface area contributed by atoms with Gasteiger partial charge in [-0.05, 0) is 24.3 Å². The molecule has 1 unspecified atom stereocenters. The van der Waals surface area contributed by atoms with Crippen molar-refractivity contribution >= 4 is 23.2 Å². The SMILES string of the molecule is C#CCC(N)C(=O)Nc1ccc(Cl)cc1. The molecule has 4 heteroatoms. The number of benzene rings is 1. The number of rotatable bonds is 3. The molecule has 78 valence electrons. The predicted octanol–water partition coefficient (Wildman–Crippen LogP) is 1.63. The second-order valence-electron chi connectivity index (χ2n) is 3.01. The van der Waals surface area contributed by atoms with Crippen LogP contribution < -0.4 is 11.1 Å². The summed E-state index contributed by atoms with van der Waals surface area (Å²) in [7, 11) is 0. The molecule has 1 aromatic rings. The first-order valence-corrected chi connectivity index (χ1v) is 4.76. The van der Waals surface area contributed by atoms with E-state index in [0.29, 0.717) is 10.7 Å². The summed E-state index contributed by atoms with van der Waals surface area (Å²) in [6, 6.07) is 6.09. The molecule has 0 spiro atoms. The number of hydrogen-bond acceptors (Lipinski definition) is 2. The summed E-state index contributed by atoms with van der Waals surface area (Å²) < 4.78 is 0. The number of nitrogens with one attached hydrogen (secondary N) is 1. The quantitative estimate of drug-likeness (QED) is 0.764. The Hall–Kier alpha value is -1.50. The summed E-state index contributed by atoms with van der Waals surface area (Å²) in [4.78, 5) is 11.4. The average Bonchev–Trinajstić information content (AvgIpc) is 2.22. The van der Waals surface area contributed by atoms with Gasteiger partial charge < -0.3 is 11.1 Å². The minimum absolute atomic E-state index is 0.222. The number of halogens is 1. The van der Waals surface area contributed by atoms with Gasteiger partial charge in [-0.2, -0.15) is 0 Å². The number of carbonyl (C=O) groups is 1. The molecular formula is C11H11ClN2O. The largest absolute Gasteiger partial charge is 0.325 e. The van der Waals surface area contributed by atoms with E-state index in [4.69, 9.17) is 23.8 Å². The highest BCUT2D eigenvalue weighted by atomic mass is 35.5. The van der Waals surface area contributed by atoms with E-state index in [2.05, 4.69) is 11.2 Å². The monoisotopic (exact) mass is 222 g/mol. The zero-order chi connectivity index (χ0) is 11.3. The van der Waals surface area contributed by atoms with Crippen molar-refractivity contribution in [2.75, 3.05) is 5.32 Å². The minimum Gasteiger partial charge on any atom is -0.325 e. The lowest BCUT2D eigenvalue weighted by molar-refractivity contribution is -0.117. The third-order valence-corrected chi connectivity index (χ3v) is 2.04. The van der Waals surface area contributed by atoms with Gasteiger partial charge in [0, 0.05) is 17.1 Å². The Bertz CT molecular complexity index is 381. The normalized spacial score (nSPS) is 11.5. The molecule has 0 heterocycles. The van der Waals surface area contributed by atoms with Crippen LogP contribution in [0.25, 0.3) is 0 Å². The van der Waals surface area contributed by atoms with E-state index in [0.717, 1.165) is 0 Å². The molecule has 0 aromatic heterocycles. The third kappa shape index (κ3) is 3.62. The molecule has 0 fully saturated rings. The van der Waals surface area contributed by atoms with Crippen molar-refractivity contribution in [2.45, 2.75) is 12.5 Å². The second-order valence-corrected chi connectivity index (χ2v) is 3.45. The lowest BCUT2D eigenvalue weighted by atomic mass is 10.2. The van der Waals surface area contributed by atoms with Crippen LogP contribution in [0.1, 0.15) is 6.42 Å². The van der Waals surface area contributed by atoms with Crippen LogP contribution in [0, 0.1) is 12.3 Å². The first kappa shape index (κ1) is 11.6. The maximum Gasteiger partial charge on any atom is 0.242 e. The van der Waals surface area contributed by atoms with Crippen molar-refractivity contribution < 1.29 is 4.79 Å². The smallest absolute Gasteiger partial charge is 0.242 e. The van der Waals surface area contributed by atoms with Gasteiger partial charge in [0.25, 0.3) is 0 Å². The third-order valence-electron chi connectivity index (χ3n) is 1.79. The highest BCUT2D eigenvalue weighted by Crippen LogP contribution is 2.13. The average molecular weight is 223 g/mol. The summed E-state index contributed by atoms with van der Waals surface area (Å²) in [5.41, 5.74) is 6.17. The fourth-order valence-electron chi connectivity index (χ4n) is 0.988. The Balaban J connectivity index is 2.59. The molecule has 1 atom stereocenters. The van der Waals surface area contributed by atoms with Gasteiger partial charge in [0.05, 0.1) is 6.04 Å². The van der Waals surface area contributed by atoms with Gasteiger partial charge >= 0.3 is 0 Å². The van der Waals surface area contributed by atoms with Crippen molar-refractivity contribution in [1.29, 1.82) is 0 Å². The van der Waals surface area contributed by atoms with Crippen molar-refractivity contribution in [2.24, 2.45) is 5.73 Å². The van der Waals surface area contributed by atoms with Gasteiger partial charge in [0.2, 0.25) is 5.91 Å². The Morgan fingerprint density at radius 2 is 2.13 bits per heavy atom. The topological polar surface area (TPSA) is 55.1 Å². The van der Waals surface area contributed by atoms with E-state index >= 15 is 0 Å². The molecule has 3 nitrogen and oxygen atoms in total. The highest BCUT2D eigenvalue weighted by Gasteiger charge is 2.11. The van der Waals surface area contributed by atoms with Gasteiger partial charge in [-0.15, -0.1) is 12.3 Å². The standard InChI is InChI=1S/C11H11ClN2O/c1-2-3-10(13)11(15)14-9-6-4-8(12)5-7-9/h1,4-7,10H,3,13H2,(H,14,15). The molecule has 1 rings (SSSR count). The van der Waals surface area contributed by atoms with Crippen LogP contribution in [0.4, 0.5) is 5.69 Å². The maximum atomic E-state index is 11.4. The highest BCUT2D eigenvalue weighted by molar-refractivity contribution is 6.30. The van der Waals surface area contributed by atoms with Crippen LogP contribution in [0.15, 0.2) is 24.3 Å². The van der Waals surface area contributed by atoms with Crippen LogP contribution in [-0.2, 0) is 4.79 Å². The summed E-state index contributed by atoms with van der Waals surface area (Å²) >= 11 is 5.70. The van der Waals surface area contributed by atoms with Crippen LogP contribution in [0.2, 0.25) is 5.02 Å². The van der Waals surface area contributed by atoms with Crippen molar-refractivity contribution in [3.8, 4) is 12.3 Å². The summed E-state index contributed by atoms with van der Waals surface area (Å²) in [5, 5.41) is 3.25. The van der Waals surface area contributed by atoms with E-state index in [-0.39, 0.29) is 12.3 Å². The van der Waals surface area contributed by atoms with E-state index in [9.17, 15) is 4.79 Å². The molecular weight excluding hydrogens is 212 g/mol. The first-order valence-electron chi connectivity index (χ1n) is 4.39. The van der Waals surface area contributed by atoms with Gasteiger partial charge in [0.1, 0.15) is 0 Å². The molecule has 0 saturated carbocycles. The number of terminal acetylenes is 1. The zero-order valence-corrected chi connectivity index (χ0v) is 8.79. The Kier molecular flexibility index (Phi) is 4.17. The molecule has 0 bridgehead atoms. The predicted molar refractivity (Wildman–Crippen MR) is 61.5 cm³/mol. The second kappa shape index (κ2) is 5.40. The molecule has 0 radical (unpaired) electrons. The minimum atomic E-state index is -0.675. The van der Waals surface area contributed by atoms with Gasteiger partial charge in [-0.1, -0.05) is 11.6 Å². The van der Waals surface area contributed by atoms with Crippen LogP contribution in [0.5, 0.6) is 0 Å². The Morgan fingerprint density at radius 1 is 1.53 bits per heavy atom. The lowest BCUT2D eigenvalue weighted by Gasteiger charge is -2.09. The maximum absolute atomic E-state index is 11.4. The van der Waals surface area contributed by atoms with Crippen molar-refractivity contribution in [1.82, 2.24) is 0 Å². The van der Waals surface area contributed by atoms with Crippen molar-refractivity contribution in [3.05, 3.63) is 29.3 Å². The van der Waals surface area contributed by atoms with Crippen LogP contribution >= 0.6 is 11.6 Å². The van der Waals surface area contributed by atoms with E-state index in [1.165, 1.54) is 0 Å². The van der Waals surface area contributed by atoms with Crippen LogP contribution in [-0.4, -0.2) is 11.9 Å². The van der Waals surface area contributed by atoms with E-state index in [1.54, 1.807) is 24.3 Å². The van der Waals surface area contributed by atoms with Crippen LogP contribution in [0.3, 0.4) is 0 Å². The number of anilines is 1. The first-order chi connectivity index (χ1) is 7.13. The lowest BCUT2D eigenvalue weighted by Crippen LogP contribution is -2.35. The van der Waals surface area contributed by atoms with E-state index in [1.807, 2.05) is 0 Å². The zero-order valence-electron chi connectivity index (χ0n) is 8.03. The number of nitrogens with two attached hydrogens (primary N) is 1. The fraction of sp³-hybridized carbons (Fsp3) is 0.182. The number of amides is 1. The van der Waals surface area contributed by atoms with Gasteiger partial charge in [0.15, 0.2) is 0 Å². The molecule has 0 aliphatic heterocycles. The van der Waals surface area contributed by atoms with Gasteiger partial charge in [-0.25, -0.2) is 0 Å². The summed E-state index contributed by atoms with van der Waals surface area (Å²) in [6.45, 7) is 0. The molecule has 0 saturated heterocycles. The number of carbonyl (C=O) groups excluding carboxylic acids is 1.